The molecular weight excluding hydrogens is 397 g/mol. The second-order valence-corrected chi connectivity index (χ2v) is 7.45. The number of unbranched alkanes of at least 4 members (excludes halogenated alkanes) is 1. The number of aliphatic carboxylic acids is 2. The molecule has 1 aliphatic rings. The largest absolute Gasteiger partial charge is 0.480 e. The van der Waals surface area contributed by atoms with Crippen molar-refractivity contribution in [3.05, 3.63) is 35.9 Å². The molecule has 0 saturated carbocycles. The number of nitrogens with two attached hydrogens (primary N) is 1. The minimum Gasteiger partial charge on any atom is -0.480 e. The van der Waals surface area contributed by atoms with Crippen LogP contribution in [0.4, 0.5) is 0 Å². The number of nitrogens with one attached hydrogen (secondary N) is 1. The van der Waals surface area contributed by atoms with Crippen molar-refractivity contribution in [2.24, 2.45) is 5.73 Å². The summed E-state index contributed by atoms with van der Waals surface area (Å²) < 4.78 is 0. The quantitative estimate of drug-likeness (QED) is 0.287. The minimum absolute atomic E-state index is 0. The van der Waals surface area contributed by atoms with Gasteiger partial charge in [-0.25, -0.2) is 4.79 Å². The maximum Gasteiger partial charge on any atom is 0.326 e. The van der Waals surface area contributed by atoms with E-state index >= 15 is 0 Å². The Bertz CT molecular complexity index is 688. The van der Waals surface area contributed by atoms with Crippen LogP contribution in [-0.2, 0) is 20.8 Å². The summed E-state index contributed by atoms with van der Waals surface area (Å²) in [6.07, 6.45) is 3.76. The second-order valence-electron chi connectivity index (χ2n) is 7.45. The van der Waals surface area contributed by atoms with Crippen LogP contribution in [0.25, 0.3) is 0 Å². The van der Waals surface area contributed by atoms with Gasteiger partial charge in [-0.2, -0.15) is 0 Å². The van der Waals surface area contributed by atoms with Crippen LogP contribution in [0.5, 0.6) is 0 Å². The van der Waals surface area contributed by atoms with Gasteiger partial charge in [-0.15, -0.1) is 0 Å². The predicted molar refractivity (Wildman–Crippen MR) is 114 cm³/mol. The molecule has 0 unspecified atom stereocenters. The van der Waals surface area contributed by atoms with Gasteiger partial charge >= 0.3 is 11.9 Å². The smallest absolute Gasteiger partial charge is 0.326 e. The monoisotopic (exact) mass is 428 g/mol. The van der Waals surface area contributed by atoms with Gasteiger partial charge in [0.2, 0.25) is 5.91 Å². The van der Waals surface area contributed by atoms with Gasteiger partial charge in [0.25, 0.3) is 0 Å². The standard InChI is InChI=1S/C21H31N3O5.Na/c22-13-5-4-9-16(19(25)24-14-6-10-18(24)21(28)29)23-17(20(26)27)12-11-15-7-2-1-3-8-15;/h1-3,7-8,16-18,23H,4-6,9-14,22H2,(H,26,27)(H,28,29);/t16-,17+,18-;/m0./s1. The SMILES string of the molecule is NCCCC[C@H](N[C@H](CCc1ccccc1)C(=O)O)C(=O)N1CCC[C@H]1C(=O)O.[Na]. The first kappa shape index (κ1) is 26.6. The van der Waals surface area contributed by atoms with Crippen molar-refractivity contribution < 1.29 is 24.6 Å². The van der Waals surface area contributed by atoms with Gasteiger partial charge in [-0.3, -0.25) is 14.9 Å². The van der Waals surface area contributed by atoms with Gasteiger partial charge in [0.1, 0.15) is 12.1 Å². The van der Waals surface area contributed by atoms with Crippen LogP contribution in [0.15, 0.2) is 30.3 Å². The van der Waals surface area contributed by atoms with Crippen molar-refractivity contribution in [1.29, 1.82) is 0 Å². The molecule has 0 bridgehead atoms. The van der Waals surface area contributed by atoms with E-state index in [1.807, 2.05) is 30.3 Å². The van der Waals surface area contributed by atoms with E-state index < -0.39 is 30.1 Å². The molecule has 1 aliphatic heterocycles. The summed E-state index contributed by atoms with van der Waals surface area (Å²) in [4.78, 5) is 37.7. The fourth-order valence-corrected chi connectivity index (χ4v) is 3.73. The Morgan fingerprint density at radius 2 is 1.80 bits per heavy atom. The first-order chi connectivity index (χ1) is 13.9. The van der Waals surface area contributed by atoms with Crippen LogP contribution in [0, 0.1) is 0 Å². The van der Waals surface area contributed by atoms with Crippen LogP contribution in [0.3, 0.4) is 0 Å². The number of carboxylic acids is 2. The molecule has 8 nitrogen and oxygen atoms in total. The molecule has 0 aliphatic carbocycles. The Morgan fingerprint density at radius 3 is 2.40 bits per heavy atom. The topological polar surface area (TPSA) is 133 Å². The number of amides is 1. The molecule has 161 valence electrons. The molecule has 1 fully saturated rings. The first-order valence-electron chi connectivity index (χ1n) is 10.2. The zero-order valence-electron chi connectivity index (χ0n) is 17.6. The second kappa shape index (κ2) is 13.8. The summed E-state index contributed by atoms with van der Waals surface area (Å²) in [5.41, 5.74) is 6.57. The third-order valence-electron chi connectivity index (χ3n) is 5.33. The van der Waals surface area contributed by atoms with Gasteiger partial charge in [0, 0.05) is 36.1 Å². The van der Waals surface area contributed by atoms with Crippen molar-refractivity contribution >= 4 is 47.4 Å². The molecule has 1 saturated heterocycles. The normalized spacial score (nSPS) is 17.8. The van der Waals surface area contributed by atoms with Gasteiger partial charge in [-0.05, 0) is 50.6 Å². The van der Waals surface area contributed by atoms with E-state index in [-0.39, 0.29) is 35.5 Å². The fourth-order valence-electron chi connectivity index (χ4n) is 3.73. The van der Waals surface area contributed by atoms with Crippen molar-refractivity contribution in [2.75, 3.05) is 13.1 Å². The van der Waals surface area contributed by atoms with E-state index in [2.05, 4.69) is 5.32 Å². The number of carboxylic acid groups (broad SMARTS) is 2. The van der Waals surface area contributed by atoms with Crippen molar-refractivity contribution in [1.82, 2.24) is 10.2 Å². The molecular formula is C21H31N3NaO5. The Kier molecular flexibility index (Phi) is 12.2. The van der Waals surface area contributed by atoms with Crippen molar-refractivity contribution in [3.63, 3.8) is 0 Å². The molecule has 1 heterocycles. The number of nitrogens with zero attached hydrogens (tertiary/aromatic N) is 1. The Labute approximate surface area is 199 Å². The average molecular weight is 428 g/mol. The van der Waals surface area contributed by atoms with E-state index in [0.717, 1.165) is 12.0 Å². The number of rotatable bonds is 12. The van der Waals surface area contributed by atoms with Crippen LogP contribution in [0.2, 0.25) is 0 Å². The van der Waals surface area contributed by atoms with Gasteiger partial charge in [0.05, 0.1) is 6.04 Å². The van der Waals surface area contributed by atoms with E-state index in [0.29, 0.717) is 51.6 Å². The number of carbonyl (C=O) groups is 3. The van der Waals surface area contributed by atoms with Crippen LogP contribution in [0.1, 0.15) is 44.1 Å². The Balaban J connectivity index is 0.00000450. The molecule has 1 aromatic rings. The van der Waals surface area contributed by atoms with E-state index in [1.165, 1.54) is 4.90 Å². The molecule has 0 aromatic heterocycles. The average Bonchev–Trinajstić information content (AvgIpc) is 3.20. The summed E-state index contributed by atoms with van der Waals surface area (Å²) in [5.74, 6) is -2.37. The minimum atomic E-state index is -1.02. The van der Waals surface area contributed by atoms with E-state index in [1.54, 1.807) is 0 Å². The molecule has 3 atom stereocenters. The summed E-state index contributed by atoms with van der Waals surface area (Å²) >= 11 is 0. The number of carbonyl (C=O) groups excluding carboxylic acids is 1. The van der Waals surface area contributed by atoms with Gasteiger partial charge in [-0.1, -0.05) is 36.8 Å². The summed E-state index contributed by atoms with van der Waals surface area (Å²) in [6, 6.07) is 7.10. The molecule has 0 spiro atoms. The van der Waals surface area contributed by atoms with Crippen LogP contribution < -0.4 is 11.1 Å². The number of likely N-dealkylation sites (tertiary alicyclic amines) is 1. The zero-order valence-corrected chi connectivity index (χ0v) is 19.6. The van der Waals surface area contributed by atoms with Gasteiger partial charge < -0.3 is 20.8 Å². The molecule has 1 aromatic carbocycles. The first-order valence-corrected chi connectivity index (χ1v) is 10.2. The fraction of sp³-hybridized carbons (Fsp3) is 0.571. The third kappa shape index (κ3) is 8.00. The zero-order chi connectivity index (χ0) is 21.2. The molecule has 1 amide bonds. The van der Waals surface area contributed by atoms with E-state index in [4.69, 9.17) is 5.73 Å². The summed E-state index contributed by atoms with van der Waals surface area (Å²) in [7, 11) is 0. The Hall–Kier alpha value is -1.45. The van der Waals surface area contributed by atoms with Crippen molar-refractivity contribution in [2.45, 2.75) is 63.1 Å². The van der Waals surface area contributed by atoms with Crippen LogP contribution >= 0.6 is 0 Å². The maximum absolute atomic E-state index is 13.1. The Morgan fingerprint density at radius 1 is 1.10 bits per heavy atom. The summed E-state index contributed by atoms with van der Waals surface area (Å²) in [5, 5.41) is 22.0. The molecule has 2 rings (SSSR count). The molecule has 5 N–H and O–H groups in total. The van der Waals surface area contributed by atoms with E-state index in [9.17, 15) is 24.6 Å². The molecule has 9 heteroatoms. The maximum atomic E-state index is 13.1. The number of hydrogen-bond donors (Lipinski definition) is 4. The van der Waals surface area contributed by atoms with Crippen LogP contribution in [-0.4, -0.2) is 93.7 Å². The predicted octanol–water partition coefficient (Wildman–Crippen LogP) is 0.854. The number of benzene rings is 1. The summed E-state index contributed by atoms with van der Waals surface area (Å²) in [6.45, 7) is 0.866. The number of aryl methyl sites for hydroxylation is 1. The number of hydrogen-bond acceptors (Lipinski definition) is 5. The third-order valence-corrected chi connectivity index (χ3v) is 5.33. The molecule has 30 heavy (non-hydrogen) atoms. The molecule has 1 radical (unpaired) electrons. The van der Waals surface area contributed by atoms with Gasteiger partial charge in [0.15, 0.2) is 0 Å². The van der Waals surface area contributed by atoms with Crippen molar-refractivity contribution in [3.8, 4) is 0 Å².